The number of nitrogens with zero attached hydrogens (tertiary/aromatic N) is 3. The lowest BCUT2D eigenvalue weighted by atomic mass is 10.0. The molecule has 2 amide bonds. The number of aryl methyl sites for hydroxylation is 1. The molecule has 1 fully saturated rings. The standard InChI is InChI=1S/C21H22N4O4S/c1-13-7-8-17(26)25(23-13)12-18(27)24-9-10-29-15(11-24)19-14-5-3-4-6-16(14)30-20(19)21(28)22-2/h3-8,15H,9-12H2,1-2H3,(H,22,28)/t15-/m0/s1. The van der Waals surface area contributed by atoms with E-state index in [4.69, 9.17) is 4.74 Å². The number of benzene rings is 1. The van der Waals surface area contributed by atoms with Crippen LogP contribution in [-0.4, -0.2) is 53.2 Å². The van der Waals surface area contributed by atoms with E-state index < -0.39 is 6.10 Å². The van der Waals surface area contributed by atoms with Crippen molar-refractivity contribution < 1.29 is 14.3 Å². The molecule has 30 heavy (non-hydrogen) atoms. The average Bonchev–Trinajstić information content (AvgIpc) is 3.15. The number of morpholine rings is 1. The molecule has 1 aliphatic heterocycles. The minimum Gasteiger partial charge on any atom is -0.370 e. The highest BCUT2D eigenvalue weighted by molar-refractivity contribution is 7.21. The summed E-state index contributed by atoms with van der Waals surface area (Å²) in [4.78, 5) is 39.6. The van der Waals surface area contributed by atoms with Gasteiger partial charge in [0.2, 0.25) is 5.91 Å². The molecule has 0 spiro atoms. The third-order valence-corrected chi connectivity index (χ3v) is 6.28. The number of amides is 2. The molecule has 3 heterocycles. The highest BCUT2D eigenvalue weighted by Gasteiger charge is 2.31. The minimum absolute atomic E-state index is 0.125. The fourth-order valence-electron chi connectivity index (χ4n) is 3.61. The Labute approximate surface area is 177 Å². The Morgan fingerprint density at radius 1 is 1.27 bits per heavy atom. The molecule has 2 aromatic heterocycles. The maximum absolute atomic E-state index is 12.9. The van der Waals surface area contributed by atoms with E-state index in [0.29, 0.717) is 30.3 Å². The van der Waals surface area contributed by atoms with E-state index in [1.54, 1.807) is 24.9 Å². The van der Waals surface area contributed by atoms with E-state index in [1.807, 2.05) is 24.3 Å². The lowest BCUT2D eigenvalue weighted by molar-refractivity contribution is -0.139. The Morgan fingerprint density at radius 3 is 2.87 bits per heavy atom. The van der Waals surface area contributed by atoms with E-state index in [2.05, 4.69) is 10.4 Å². The minimum atomic E-state index is -0.423. The van der Waals surface area contributed by atoms with Gasteiger partial charge in [0.1, 0.15) is 12.6 Å². The number of carbonyl (C=O) groups is 2. The van der Waals surface area contributed by atoms with Gasteiger partial charge in [-0.3, -0.25) is 14.4 Å². The first-order valence-corrected chi connectivity index (χ1v) is 10.5. The van der Waals surface area contributed by atoms with Gasteiger partial charge in [0.25, 0.3) is 11.5 Å². The van der Waals surface area contributed by atoms with Crippen LogP contribution in [0.4, 0.5) is 0 Å². The fourth-order valence-corrected chi connectivity index (χ4v) is 4.81. The quantitative estimate of drug-likeness (QED) is 0.686. The highest BCUT2D eigenvalue weighted by atomic mass is 32.1. The second kappa shape index (κ2) is 8.37. The molecule has 4 rings (SSSR count). The zero-order valence-corrected chi connectivity index (χ0v) is 17.6. The van der Waals surface area contributed by atoms with Gasteiger partial charge in [0.05, 0.1) is 23.7 Å². The number of fused-ring (bicyclic) bond motifs is 1. The third kappa shape index (κ3) is 3.86. The molecule has 156 valence electrons. The van der Waals surface area contributed by atoms with Crippen LogP contribution >= 0.6 is 11.3 Å². The number of nitrogens with one attached hydrogen (secondary N) is 1. The lowest BCUT2D eigenvalue weighted by Crippen LogP contribution is -2.45. The first-order chi connectivity index (χ1) is 14.5. The van der Waals surface area contributed by atoms with Crippen LogP contribution in [0.3, 0.4) is 0 Å². The zero-order chi connectivity index (χ0) is 21.3. The largest absolute Gasteiger partial charge is 0.370 e. The Hall–Kier alpha value is -3.04. The summed E-state index contributed by atoms with van der Waals surface area (Å²) >= 11 is 1.42. The summed E-state index contributed by atoms with van der Waals surface area (Å²) in [6, 6.07) is 10.8. The van der Waals surface area contributed by atoms with Crippen molar-refractivity contribution in [1.29, 1.82) is 0 Å². The van der Waals surface area contributed by atoms with Crippen molar-refractivity contribution in [2.24, 2.45) is 0 Å². The Balaban J connectivity index is 1.61. The molecule has 1 aromatic carbocycles. The van der Waals surface area contributed by atoms with Crippen molar-refractivity contribution in [2.75, 3.05) is 26.7 Å². The first kappa shape index (κ1) is 20.2. The summed E-state index contributed by atoms with van der Waals surface area (Å²) in [5.41, 5.74) is 1.16. The highest BCUT2D eigenvalue weighted by Crippen LogP contribution is 2.38. The van der Waals surface area contributed by atoms with Crippen LogP contribution < -0.4 is 10.9 Å². The fraction of sp³-hybridized carbons (Fsp3) is 0.333. The summed E-state index contributed by atoms with van der Waals surface area (Å²) in [5.74, 6) is -0.377. The molecular weight excluding hydrogens is 404 g/mol. The molecule has 0 aliphatic carbocycles. The molecule has 0 saturated carbocycles. The van der Waals surface area contributed by atoms with Gasteiger partial charge in [-0.2, -0.15) is 5.10 Å². The van der Waals surface area contributed by atoms with Crippen molar-refractivity contribution in [1.82, 2.24) is 20.0 Å². The van der Waals surface area contributed by atoms with Crippen molar-refractivity contribution >= 4 is 33.2 Å². The van der Waals surface area contributed by atoms with Crippen molar-refractivity contribution in [3.63, 3.8) is 0 Å². The van der Waals surface area contributed by atoms with Crippen LogP contribution in [0.25, 0.3) is 10.1 Å². The predicted octanol–water partition coefficient (Wildman–Crippen LogP) is 1.73. The number of carbonyl (C=O) groups excluding carboxylic acids is 2. The Bertz CT molecular complexity index is 1170. The van der Waals surface area contributed by atoms with E-state index in [-0.39, 0.29) is 23.9 Å². The molecule has 1 N–H and O–H groups in total. The molecular formula is C21H22N4O4S. The second-order valence-corrected chi connectivity index (χ2v) is 8.14. The molecule has 0 radical (unpaired) electrons. The summed E-state index contributed by atoms with van der Waals surface area (Å²) in [7, 11) is 1.60. The molecule has 0 bridgehead atoms. The van der Waals surface area contributed by atoms with Gasteiger partial charge in [-0.25, -0.2) is 4.68 Å². The van der Waals surface area contributed by atoms with Gasteiger partial charge in [-0.1, -0.05) is 18.2 Å². The van der Waals surface area contributed by atoms with Gasteiger partial charge in [0.15, 0.2) is 0 Å². The van der Waals surface area contributed by atoms with Crippen LogP contribution in [0.5, 0.6) is 0 Å². The van der Waals surface area contributed by atoms with Crippen LogP contribution in [0, 0.1) is 6.92 Å². The first-order valence-electron chi connectivity index (χ1n) is 9.65. The molecule has 1 atom stereocenters. The van der Waals surface area contributed by atoms with E-state index in [1.165, 1.54) is 22.1 Å². The van der Waals surface area contributed by atoms with Crippen molar-refractivity contribution in [2.45, 2.75) is 19.6 Å². The van der Waals surface area contributed by atoms with E-state index in [0.717, 1.165) is 15.6 Å². The molecule has 1 aliphatic rings. The number of rotatable bonds is 4. The summed E-state index contributed by atoms with van der Waals surface area (Å²) in [6.07, 6.45) is -0.423. The number of aromatic nitrogens is 2. The Kier molecular flexibility index (Phi) is 5.65. The molecule has 8 nitrogen and oxygen atoms in total. The van der Waals surface area contributed by atoms with Gasteiger partial charge in [-0.05, 0) is 24.4 Å². The van der Waals surface area contributed by atoms with Crippen LogP contribution in [0.1, 0.15) is 27.0 Å². The summed E-state index contributed by atoms with van der Waals surface area (Å²) in [5, 5.41) is 7.78. The molecule has 3 aromatic rings. The Morgan fingerprint density at radius 2 is 2.07 bits per heavy atom. The predicted molar refractivity (Wildman–Crippen MR) is 114 cm³/mol. The number of thiophene rings is 1. The van der Waals surface area contributed by atoms with Gasteiger partial charge < -0.3 is 15.0 Å². The monoisotopic (exact) mass is 426 g/mol. The van der Waals surface area contributed by atoms with Gasteiger partial charge in [0, 0.05) is 29.9 Å². The molecule has 0 unspecified atom stereocenters. The zero-order valence-electron chi connectivity index (χ0n) is 16.8. The van der Waals surface area contributed by atoms with Crippen LogP contribution in [-0.2, 0) is 16.1 Å². The third-order valence-electron chi connectivity index (χ3n) is 5.09. The number of hydrogen-bond donors (Lipinski definition) is 1. The SMILES string of the molecule is CNC(=O)c1sc2ccccc2c1[C@@H]1CN(C(=O)Cn2nc(C)ccc2=O)CCO1. The number of hydrogen-bond acceptors (Lipinski definition) is 6. The smallest absolute Gasteiger partial charge is 0.267 e. The number of ether oxygens (including phenoxy) is 1. The van der Waals surface area contributed by atoms with Crippen molar-refractivity contribution in [3.05, 3.63) is 62.9 Å². The molecule has 1 saturated heterocycles. The van der Waals surface area contributed by atoms with Crippen LogP contribution in [0.15, 0.2) is 41.2 Å². The second-order valence-electron chi connectivity index (χ2n) is 7.09. The molecule has 9 heteroatoms. The topological polar surface area (TPSA) is 93.5 Å². The van der Waals surface area contributed by atoms with E-state index in [9.17, 15) is 14.4 Å². The normalized spacial score (nSPS) is 16.6. The average molecular weight is 426 g/mol. The maximum Gasteiger partial charge on any atom is 0.267 e. The van der Waals surface area contributed by atoms with Gasteiger partial charge in [-0.15, -0.1) is 11.3 Å². The lowest BCUT2D eigenvalue weighted by Gasteiger charge is -2.33. The van der Waals surface area contributed by atoms with Gasteiger partial charge >= 0.3 is 0 Å². The van der Waals surface area contributed by atoms with E-state index >= 15 is 0 Å². The maximum atomic E-state index is 12.9. The summed E-state index contributed by atoms with van der Waals surface area (Å²) < 4.78 is 8.16. The van der Waals surface area contributed by atoms with Crippen molar-refractivity contribution in [3.8, 4) is 0 Å². The van der Waals surface area contributed by atoms with Crippen LogP contribution in [0.2, 0.25) is 0 Å². The summed E-state index contributed by atoms with van der Waals surface area (Å²) in [6.45, 7) is 2.73.